The quantitative estimate of drug-likeness (QED) is 0.724. The van der Waals surface area contributed by atoms with Crippen LogP contribution in [0.25, 0.3) is 0 Å². The van der Waals surface area contributed by atoms with Gasteiger partial charge in [-0.2, -0.15) is 4.98 Å². The highest BCUT2D eigenvalue weighted by atomic mass is 16.2. The molecule has 1 amide bonds. The van der Waals surface area contributed by atoms with Crippen molar-refractivity contribution in [1.82, 2.24) is 19.9 Å². The molecule has 0 bridgehead atoms. The average Bonchev–Trinajstić information content (AvgIpc) is 3.56. The molecule has 3 heterocycles. The van der Waals surface area contributed by atoms with Gasteiger partial charge >= 0.3 is 0 Å². The molecule has 6 heteroatoms. The van der Waals surface area contributed by atoms with Crippen LogP contribution in [0, 0.1) is 11.3 Å². The van der Waals surface area contributed by atoms with E-state index < -0.39 is 5.56 Å². The number of nitrogens with one attached hydrogen (secondary N) is 1. The SMILES string of the molecule is O=C(NCc1ccncc1)c1cn2c(nc1=O)CC1(CCC=C(CCC3CC3)CC1)C2. The molecule has 162 valence electrons. The minimum Gasteiger partial charge on any atom is -0.348 e. The Kier molecular flexibility index (Phi) is 5.47. The predicted molar refractivity (Wildman–Crippen MR) is 119 cm³/mol. The van der Waals surface area contributed by atoms with Gasteiger partial charge in [0.2, 0.25) is 0 Å². The maximum Gasteiger partial charge on any atom is 0.285 e. The molecule has 2 aromatic heterocycles. The van der Waals surface area contributed by atoms with Crippen LogP contribution in [0.15, 0.2) is 47.2 Å². The Balaban J connectivity index is 1.24. The minimum atomic E-state index is -0.424. The highest BCUT2D eigenvalue weighted by Gasteiger charge is 2.39. The van der Waals surface area contributed by atoms with Gasteiger partial charge in [0.1, 0.15) is 11.4 Å². The number of allylic oxidation sites excluding steroid dienone is 2. The van der Waals surface area contributed by atoms with E-state index in [1.165, 1.54) is 25.7 Å². The normalized spacial score (nSPS) is 22.6. The van der Waals surface area contributed by atoms with Gasteiger partial charge < -0.3 is 9.88 Å². The molecule has 3 aliphatic rings. The van der Waals surface area contributed by atoms with Gasteiger partial charge in [0.05, 0.1) is 0 Å². The van der Waals surface area contributed by atoms with Crippen molar-refractivity contribution < 1.29 is 4.79 Å². The van der Waals surface area contributed by atoms with Crippen LogP contribution in [-0.2, 0) is 19.5 Å². The monoisotopic (exact) mass is 418 g/mol. The summed E-state index contributed by atoms with van der Waals surface area (Å²) in [5.74, 6) is 1.44. The Morgan fingerprint density at radius 1 is 1.23 bits per heavy atom. The Labute approximate surface area is 182 Å². The molecule has 1 fully saturated rings. The maximum absolute atomic E-state index is 12.6. The lowest BCUT2D eigenvalue weighted by molar-refractivity contribution is 0.0948. The molecule has 6 nitrogen and oxygen atoms in total. The van der Waals surface area contributed by atoms with E-state index in [1.54, 1.807) is 24.2 Å². The number of carbonyl (C=O) groups is 1. The van der Waals surface area contributed by atoms with E-state index >= 15 is 0 Å². The first-order valence-electron chi connectivity index (χ1n) is 11.6. The topological polar surface area (TPSA) is 76.9 Å². The summed E-state index contributed by atoms with van der Waals surface area (Å²) in [4.78, 5) is 33.5. The van der Waals surface area contributed by atoms with Crippen molar-refractivity contribution in [1.29, 1.82) is 0 Å². The third-order valence-electron chi connectivity index (χ3n) is 7.22. The number of hydrogen-bond donors (Lipinski definition) is 1. The van der Waals surface area contributed by atoms with Crippen LogP contribution in [-0.4, -0.2) is 20.4 Å². The van der Waals surface area contributed by atoms with Crippen molar-refractivity contribution in [2.45, 2.75) is 70.9 Å². The van der Waals surface area contributed by atoms with Gasteiger partial charge in [0, 0.05) is 38.1 Å². The largest absolute Gasteiger partial charge is 0.348 e. The first kappa shape index (κ1) is 20.2. The number of fused-ring (bicyclic) bond motifs is 1. The first-order valence-corrected chi connectivity index (χ1v) is 11.6. The summed E-state index contributed by atoms with van der Waals surface area (Å²) >= 11 is 0. The van der Waals surface area contributed by atoms with Gasteiger partial charge in [-0.15, -0.1) is 0 Å². The summed E-state index contributed by atoms with van der Waals surface area (Å²) in [6.07, 6.45) is 18.4. The van der Waals surface area contributed by atoms with Crippen molar-refractivity contribution in [2.75, 3.05) is 0 Å². The fourth-order valence-corrected chi connectivity index (χ4v) is 5.09. The third kappa shape index (κ3) is 4.63. The summed E-state index contributed by atoms with van der Waals surface area (Å²) in [5, 5.41) is 2.83. The predicted octanol–water partition coefficient (Wildman–Crippen LogP) is 3.80. The van der Waals surface area contributed by atoms with Crippen molar-refractivity contribution in [3.63, 3.8) is 0 Å². The third-order valence-corrected chi connectivity index (χ3v) is 7.22. The van der Waals surface area contributed by atoms with E-state index in [2.05, 4.69) is 25.9 Å². The van der Waals surface area contributed by atoms with E-state index in [0.717, 1.165) is 56.0 Å². The Morgan fingerprint density at radius 3 is 2.87 bits per heavy atom. The van der Waals surface area contributed by atoms with Crippen LogP contribution in [0.2, 0.25) is 0 Å². The lowest BCUT2D eigenvalue weighted by atomic mass is 9.78. The number of hydrogen-bond acceptors (Lipinski definition) is 4. The van der Waals surface area contributed by atoms with Crippen LogP contribution in [0.4, 0.5) is 0 Å². The van der Waals surface area contributed by atoms with E-state index in [-0.39, 0.29) is 16.9 Å². The Morgan fingerprint density at radius 2 is 2.06 bits per heavy atom. The van der Waals surface area contributed by atoms with Gasteiger partial charge in [-0.1, -0.05) is 24.5 Å². The molecule has 1 saturated carbocycles. The summed E-state index contributed by atoms with van der Waals surface area (Å²) in [7, 11) is 0. The van der Waals surface area contributed by atoms with E-state index in [4.69, 9.17) is 0 Å². The zero-order valence-electron chi connectivity index (χ0n) is 18.0. The molecule has 1 aliphatic heterocycles. The second-order valence-electron chi connectivity index (χ2n) is 9.60. The zero-order chi connectivity index (χ0) is 21.3. The molecule has 2 aromatic rings. The van der Waals surface area contributed by atoms with Crippen LogP contribution >= 0.6 is 0 Å². The van der Waals surface area contributed by atoms with E-state index in [1.807, 2.05) is 12.1 Å². The summed E-state index contributed by atoms with van der Waals surface area (Å²) in [6, 6.07) is 3.69. The number of rotatable bonds is 6. The first-order chi connectivity index (χ1) is 15.1. The summed E-state index contributed by atoms with van der Waals surface area (Å²) < 4.78 is 2.05. The van der Waals surface area contributed by atoms with Crippen molar-refractivity contribution in [2.24, 2.45) is 11.3 Å². The maximum atomic E-state index is 12.6. The fourth-order valence-electron chi connectivity index (χ4n) is 5.09. The fraction of sp³-hybridized carbons (Fsp3) is 0.520. The molecule has 1 spiro atoms. The molecule has 0 radical (unpaired) electrons. The zero-order valence-corrected chi connectivity index (χ0v) is 18.0. The number of pyridine rings is 1. The van der Waals surface area contributed by atoms with Gasteiger partial charge in [-0.05, 0) is 67.6 Å². The van der Waals surface area contributed by atoms with Crippen molar-refractivity contribution in [3.05, 3.63) is 69.7 Å². The van der Waals surface area contributed by atoms with Gasteiger partial charge in [0.15, 0.2) is 0 Å². The van der Waals surface area contributed by atoms with Gasteiger partial charge in [-0.3, -0.25) is 14.6 Å². The number of amides is 1. The molecule has 1 unspecified atom stereocenters. The number of aromatic nitrogens is 3. The van der Waals surface area contributed by atoms with E-state index in [9.17, 15) is 9.59 Å². The minimum absolute atomic E-state index is 0.131. The molecule has 2 aliphatic carbocycles. The molecule has 1 N–H and O–H groups in total. The molecule has 5 rings (SSSR count). The van der Waals surface area contributed by atoms with Gasteiger partial charge in [0.25, 0.3) is 11.5 Å². The second-order valence-corrected chi connectivity index (χ2v) is 9.60. The second kappa shape index (κ2) is 8.40. The standard InChI is InChI=1S/C25H30N4O2/c30-23(27-15-20-8-12-26-13-9-20)21-16-29-17-25(14-22(29)28-24(21)31)10-1-2-18(7-11-25)3-4-19-5-6-19/h2,8-9,12-13,16,19H,1,3-7,10-11,14-15,17H2,(H,27,30). The Bertz CT molecular complexity index is 1050. The van der Waals surface area contributed by atoms with Crippen LogP contribution in [0.1, 0.15) is 73.1 Å². The van der Waals surface area contributed by atoms with Crippen LogP contribution in [0.3, 0.4) is 0 Å². The highest BCUT2D eigenvalue weighted by Crippen LogP contribution is 2.44. The number of nitrogens with zero attached hydrogens (tertiary/aromatic N) is 3. The molecule has 0 saturated heterocycles. The van der Waals surface area contributed by atoms with Crippen molar-refractivity contribution in [3.8, 4) is 0 Å². The average molecular weight is 419 g/mol. The Hall–Kier alpha value is -2.76. The highest BCUT2D eigenvalue weighted by molar-refractivity contribution is 5.93. The molecular weight excluding hydrogens is 388 g/mol. The molecule has 1 atom stereocenters. The molecular formula is C25H30N4O2. The van der Waals surface area contributed by atoms with Crippen LogP contribution in [0.5, 0.6) is 0 Å². The molecule has 0 aromatic carbocycles. The summed E-state index contributed by atoms with van der Waals surface area (Å²) in [5.41, 5.74) is 2.44. The lowest BCUT2D eigenvalue weighted by Gasteiger charge is -2.26. The lowest BCUT2D eigenvalue weighted by Crippen LogP contribution is -2.31. The number of carbonyl (C=O) groups excluding carboxylic acids is 1. The summed E-state index contributed by atoms with van der Waals surface area (Å²) in [6.45, 7) is 1.21. The molecule has 31 heavy (non-hydrogen) atoms. The van der Waals surface area contributed by atoms with E-state index in [0.29, 0.717) is 6.54 Å². The van der Waals surface area contributed by atoms with Crippen LogP contribution < -0.4 is 10.9 Å². The smallest absolute Gasteiger partial charge is 0.285 e. The van der Waals surface area contributed by atoms with Gasteiger partial charge in [-0.25, -0.2) is 0 Å². The van der Waals surface area contributed by atoms with Crippen molar-refractivity contribution >= 4 is 5.91 Å².